The Kier molecular flexibility index (Phi) is 6.90. The van der Waals surface area contributed by atoms with Crippen LogP contribution in [0.4, 0.5) is 0 Å². The molecule has 0 saturated heterocycles. The van der Waals surface area contributed by atoms with E-state index in [0.717, 1.165) is 38.5 Å². The van der Waals surface area contributed by atoms with Crippen molar-refractivity contribution in [1.82, 2.24) is 0 Å². The highest BCUT2D eigenvalue weighted by molar-refractivity contribution is 5.82. The summed E-state index contributed by atoms with van der Waals surface area (Å²) in [5.41, 5.74) is -0.440. The van der Waals surface area contributed by atoms with E-state index in [9.17, 15) is 9.59 Å². The molecule has 29 heavy (non-hydrogen) atoms. The van der Waals surface area contributed by atoms with E-state index in [-0.39, 0.29) is 24.1 Å². The van der Waals surface area contributed by atoms with E-state index >= 15 is 0 Å². The maximum absolute atomic E-state index is 12.9. The Balaban J connectivity index is 1.74. The first kappa shape index (κ1) is 22.1. The van der Waals surface area contributed by atoms with E-state index in [1.54, 1.807) is 0 Å². The standard InChI is InChI=1S/C25H38O4/c1-6-25(4,5)24(27)29-21-15-16(2)14-18-11-10-17(3)20(23(18)21)13-12-19-8-7-9-22(26)28-19/h7,9-11,16-21,23H,6,8,12-15H2,1-5H3/t16-,17-,18?,19?,20-,21-,23-/m0/s1. The second-order valence-corrected chi connectivity index (χ2v) is 10.2. The number of allylic oxidation sites excluding steroid dienone is 2. The maximum Gasteiger partial charge on any atom is 0.330 e. The smallest absolute Gasteiger partial charge is 0.330 e. The normalized spacial score (nSPS) is 37.0. The third kappa shape index (κ3) is 5.13. The van der Waals surface area contributed by atoms with Crippen LogP contribution in [0.3, 0.4) is 0 Å². The van der Waals surface area contributed by atoms with Crippen molar-refractivity contribution in [2.75, 3.05) is 0 Å². The number of esters is 2. The molecule has 162 valence electrons. The average molecular weight is 403 g/mol. The summed E-state index contributed by atoms with van der Waals surface area (Å²) in [4.78, 5) is 24.4. The molecule has 2 aliphatic carbocycles. The van der Waals surface area contributed by atoms with Gasteiger partial charge in [-0.1, -0.05) is 39.0 Å². The minimum atomic E-state index is -0.440. The Bertz CT molecular complexity index is 662. The molecule has 1 heterocycles. The van der Waals surface area contributed by atoms with Gasteiger partial charge in [0.1, 0.15) is 12.2 Å². The van der Waals surface area contributed by atoms with Crippen LogP contribution in [0.1, 0.15) is 73.1 Å². The van der Waals surface area contributed by atoms with Crippen molar-refractivity contribution in [1.29, 1.82) is 0 Å². The Morgan fingerprint density at radius 1 is 1.21 bits per heavy atom. The number of hydrogen-bond donors (Lipinski definition) is 0. The Morgan fingerprint density at radius 3 is 2.66 bits per heavy atom. The van der Waals surface area contributed by atoms with Gasteiger partial charge in [0.05, 0.1) is 5.41 Å². The number of carbonyl (C=O) groups excluding carboxylic acids is 2. The van der Waals surface area contributed by atoms with Crippen LogP contribution in [0.2, 0.25) is 0 Å². The van der Waals surface area contributed by atoms with E-state index < -0.39 is 5.41 Å². The number of fused-ring (bicyclic) bond motifs is 1. The van der Waals surface area contributed by atoms with Crippen molar-refractivity contribution in [2.45, 2.75) is 85.4 Å². The van der Waals surface area contributed by atoms with Crippen molar-refractivity contribution in [2.24, 2.45) is 35.0 Å². The third-order valence-corrected chi connectivity index (χ3v) is 7.52. The predicted octanol–water partition coefficient (Wildman–Crippen LogP) is 5.47. The van der Waals surface area contributed by atoms with E-state index in [1.165, 1.54) is 6.08 Å². The van der Waals surface area contributed by atoms with Gasteiger partial charge in [0, 0.05) is 18.4 Å². The molecule has 4 nitrogen and oxygen atoms in total. The van der Waals surface area contributed by atoms with E-state index in [1.807, 2.05) is 26.8 Å². The second-order valence-electron chi connectivity index (χ2n) is 10.2. The molecular formula is C25H38O4. The molecule has 1 aliphatic heterocycles. The molecule has 3 rings (SSSR count). The van der Waals surface area contributed by atoms with Crippen molar-refractivity contribution < 1.29 is 19.1 Å². The molecule has 0 bridgehead atoms. The summed E-state index contributed by atoms with van der Waals surface area (Å²) in [6.45, 7) is 10.5. The van der Waals surface area contributed by atoms with Gasteiger partial charge in [-0.2, -0.15) is 0 Å². The zero-order valence-electron chi connectivity index (χ0n) is 18.7. The van der Waals surface area contributed by atoms with Gasteiger partial charge < -0.3 is 9.47 Å². The average Bonchev–Trinajstić information content (AvgIpc) is 2.67. The molecule has 1 saturated carbocycles. The summed E-state index contributed by atoms with van der Waals surface area (Å²) in [6.07, 6.45) is 13.7. The van der Waals surface area contributed by atoms with E-state index in [2.05, 4.69) is 26.0 Å². The van der Waals surface area contributed by atoms with Crippen molar-refractivity contribution in [3.05, 3.63) is 24.3 Å². The van der Waals surface area contributed by atoms with Crippen LogP contribution < -0.4 is 0 Å². The Morgan fingerprint density at radius 2 is 1.97 bits per heavy atom. The van der Waals surface area contributed by atoms with Crippen LogP contribution >= 0.6 is 0 Å². The number of ether oxygens (including phenoxy) is 2. The fraction of sp³-hybridized carbons (Fsp3) is 0.760. The molecule has 3 aliphatic rings. The number of carbonyl (C=O) groups is 2. The largest absolute Gasteiger partial charge is 0.462 e. The van der Waals surface area contributed by atoms with Crippen LogP contribution in [0.25, 0.3) is 0 Å². The predicted molar refractivity (Wildman–Crippen MR) is 114 cm³/mol. The summed E-state index contributed by atoms with van der Waals surface area (Å²) in [7, 11) is 0. The first-order valence-electron chi connectivity index (χ1n) is 11.5. The molecule has 0 N–H and O–H groups in total. The summed E-state index contributed by atoms with van der Waals surface area (Å²) in [5, 5.41) is 0. The van der Waals surface area contributed by atoms with Crippen LogP contribution in [-0.2, 0) is 19.1 Å². The highest BCUT2D eigenvalue weighted by atomic mass is 16.5. The minimum absolute atomic E-state index is 0.0201. The van der Waals surface area contributed by atoms with Crippen molar-refractivity contribution in [3.8, 4) is 0 Å². The van der Waals surface area contributed by atoms with E-state index in [4.69, 9.17) is 9.47 Å². The zero-order chi connectivity index (χ0) is 21.2. The fourth-order valence-electron chi connectivity index (χ4n) is 5.30. The molecule has 4 heteroatoms. The van der Waals surface area contributed by atoms with Crippen LogP contribution in [0, 0.1) is 35.0 Å². The second kappa shape index (κ2) is 9.06. The van der Waals surface area contributed by atoms with Gasteiger partial charge >= 0.3 is 11.9 Å². The first-order chi connectivity index (χ1) is 13.7. The molecule has 0 radical (unpaired) electrons. The molecule has 2 unspecified atom stereocenters. The Hall–Kier alpha value is -1.58. The van der Waals surface area contributed by atoms with Crippen molar-refractivity contribution in [3.63, 3.8) is 0 Å². The fourth-order valence-corrected chi connectivity index (χ4v) is 5.30. The number of rotatable bonds is 6. The van der Waals surface area contributed by atoms with Gasteiger partial charge in [-0.3, -0.25) is 4.79 Å². The maximum atomic E-state index is 12.9. The molecule has 0 aromatic carbocycles. The van der Waals surface area contributed by atoms with Gasteiger partial charge in [0.2, 0.25) is 0 Å². The van der Waals surface area contributed by atoms with Gasteiger partial charge in [-0.15, -0.1) is 0 Å². The quantitative estimate of drug-likeness (QED) is 0.437. The molecule has 0 aromatic rings. The molecule has 0 spiro atoms. The summed E-state index contributed by atoms with van der Waals surface area (Å²) >= 11 is 0. The summed E-state index contributed by atoms with van der Waals surface area (Å²) in [5.74, 6) is 1.99. The molecular weight excluding hydrogens is 364 g/mol. The lowest BCUT2D eigenvalue weighted by molar-refractivity contribution is -0.170. The highest BCUT2D eigenvalue weighted by Crippen LogP contribution is 2.48. The first-order valence-corrected chi connectivity index (χ1v) is 11.5. The minimum Gasteiger partial charge on any atom is -0.462 e. The van der Waals surface area contributed by atoms with Crippen LogP contribution in [0.15, 0.2) is 24.3 Å². The number of cyclic esters (lactones) is 1. The Labute approximate surface area is 176 Å². The third-order valence-electron chi connectivity index (χ3n) is 7.52. The van der Waals surface area contributed by atoms with Crippen LogP contribution in [0.5, 0.6) is 0 Å². The lowest BCUT2D eigenvalue weighted by Gasteiger charge is -2.48. The van der Waals surface area contributed by atoms with E-state index in [0.29, 0.717) is 29.6 Å². The molecule has 1 fully saturated rings. The van der Waals surface area contributed by atoms with Gasteiger partial charge in [-0.05, 0) is 69.6 Å². The lowest BCUT2D eigenvalue weighted by Crippen LogP contribution is -2.47. The van der Waals surface area contributed by atoms with Crippen LogP contribution in [-0.4, -0.2) is 24.1 Å². The molecule has 7 atom stereocenters. The van der Waals surface area contributed by atoms with Gasteiger partial charge in [0.15, 0.2) is 0 Å². The zero-order valence-corrected chi connectivity index (χ0v) is 18.7. The van der Waals surface area contributed by atoms with Gasteiger partial charge in [-0.25, -0.2) is 4.79 Å². The molecule has 0 aromatic heterocycles. The highest BCUT2D eigenvalue weighted by Gasteiger charge is 2.46. The summed E-state index contributed by atoms with van der Waals surface area (Å²) < 4.78 is 11.7. The van der Waals surface area contributed by atoms with Crippen molar-refractivity contribution >= 4 is 11.9 Å². The monoisotopic (exact) mass is 402 g/mol. The summed E-state index contributed by atoms with van der Waals surface area (Å²) in [6, 6.07) is 0. The molecule has 0 amide bonds. The lowest BCUT2D eigenvalue weighted by atomic mass is 9.60. The SMILES string of the molecule is CCC(C)(C)C(=O)O[C@H]1C[C@@H](C)CC2C=C[C@H](C)[C@H](CCC3CC=CC(=O)O3)[C@H]21. The topological polar surface area (TPSA) is 52.6 Å². The number of hydrogen-bond acceptors (Lipinski definition) is 4. The van der Waals surface area contributed by atoms with Gasteiger partial charge in [0.25, 0.3) is 0 Å².